The minimum absolute atomic E-state index is 0.0239. The Labute approximate surface area is 209 Å². The molecule has 0 radical (unpaired) electrons. The fourth-order valence-electron chi connectivity index (χ4n) is 4.59. The molecule has 0 amide bonds. The van der Waals surface area contributed by atoms with E-state index in [0.717, 1.165) is 16.5 Å². The molecule has 182 valence electrons. The van der Waals surface area contributed by atoms with Crippen LogP contribution in [0.3, 0.4) is 0 Å². The highest BCUT2D eigenvalue weighted by molar-refractivity contribution is 5.91. The highest BCUT2D eigenvalue weighted by atomic mass is 16.8. The topological polar surface area (TPSA) is 81.8 Å². The molecule has 5 rings (SSSR count). The van der Waals surface area contributed by atoms with E-state index in [-0.39, 0.29) is 5.57 Å². The molecule has 36 heavy (non-hydrogen) atoms. The summed E-state index contributed by atoms with van der Waals surface area (Å²) in [6.45, 7) is 3.16. The summed E-state index contributed by atoms with van der Waals surface area (Å²) in [6, 6.07) is 24.4. The minimum Gasteiger partial charge on any atom is -0.497 e. The molecular formula is C29H27N2O5+. The summed E-state index contributed by atoms with van der Waals surface area (Å²) >= 11 is 0. The van der Waals surface area contributed by atoms with Crippen molar-refractivity contribution in [1.82, 2.24) is 4.98 Å². The van der Waals surface area contributed by atoms with Crippen molar-refractivity contribution in [3.8, 4) is 5.75 Å². The molecule has 1 aliphatic rings. The lowest BCUT2D eigenvalue weighted by Crippen LogP contribution is -2.46. The van der Waals surface area contributed by atoms with E-state index >= 15 is 0 Å². The first-order chi connectivity index (χ1) is 17.4. The monoisotopic (exact) mass is 483 g/mol. The van der Waals surface area contributed by atoms with Gasteiger partial charge in [-0.1, -0.05) is 42.5 Å². The largest absolute Gasteiger partial charge is 0.497 e. The number of aliphatic hydroxyl groups excluding tert-OH is 1. The van der Waals surface area contributed by atoms with E-state index in [1.807, 2.05) is 95.8 Å². The molecule has 0 aliphatic carbocycles. The quantitative estimate of drug-likeness (QED) is 0.308. The maximum atomic E-state index is 13.4. The second kappa shape index (κ2) is 9.34. The third-order valence-corrected chi connectivity index (χ3v) is 6.22. The van der Waals surface area contributed by atoms with Crippen LogP contribution in [0.5, 0.6) is 5.75 Å². The molecule has 3 heterocycles. The molecule has 7 nitrogen and oxygen atoms in total. The number of aliphatic hydroxyl groups is 1. The van der Waals surface area contributed by atoms with Crippen LogP contribution in [0.4, 0.5) is 0 Å². The fourth-order valence-corrected chi connectivity index (χ4v) is 4.59. The summed E-state index contributed by atoms with van der Waals surface area (Å²) in [6.07, 6.45) is 3.82. The van der Waals surface area contributed by atoms with E-state index < -0.39 is 29.7 Å². The number of aromatic nitrogens is 2. The van der Waals surface area contributed by atoms with E-state index in [0.29, 0.717) is 11.4 Å². The highest BCUT2D eigenvalue weighted by Crippen LogP contribution is 2.42. The zero-order valence-corrected chi connectivity index (χ0v) is 20.3. The smallest absolute Gasteiger partial charge is 0.345 e. The second-order valence-corrected chi connectivity index (χ2v) is 9.06. The van der Waals surface area contributed by atoms with Gasteiger partial charge in [0.15, 0.2) is 12.4 Å². The fraction of sp³-hybridized carbons (Fsp3) is 0.207. The van der Waals surface area contributed by atoms with Gasteiger partial charge >= 0.3 is 5.97 Å². The first kappa shape index (κ1) is 23.4. The highest BCUT2D eigenvalue weighted by Gasteiger charge is 2.47. The maximum Gasteiger partial charge on any atom is 0.345 e. The van der Waals surface area contributed by atoms with Gasteiger partial charge in [0, 0.05) is 31.4 Å². The van der Waals surface area contributed by atoms with Gasteiger partial charge in [-0.25, -0.2) is 9.78 Å². The average molecular weight is 484 g/mol. The number of fused-ring (bicyclic) bond motifs is 1. The normalized spacial score (nSPS) is 16.7. The number of nitrogens with zero attached hydrogens (tertiary/aromatic N) is 2. The van der Waals surface area contributed by atoms with Crippen LogP contribution in [0.1, 0.15) is 37.1 Å². The summed E-state index contributed by atoms with van der Waals surface area (Å²) in [4.78, 5) is 18.3. The van der Waals surface area contributed by atoms with E-state index in [9.17, 15) is 9.90 Å². The predicted molar refractivity (Wildman–Crippen MR) is 133 cm³/mol. The van der Waals surface area contributed by atoms with Gasteiger partial charge < -0.3 is 19.3 Å². The number of esters is 1. The molecule has 0 fully saturated rings. The zero-order valence-electron chi connectivity index (χ0n) is 20.3. The van der Waals surface area contributed by atoms with Crippen molar-refractivity contribution >= 4 is 16.9 Å². The SMILES string of the molecule is COc1ccc(C(C2=C(O)OC(C)(C)OC2=O)C(c2ccc3ccccc3n2)[n+]2ccccc2)cc1. The van der Waals surface area contributed by atoms with Crippen LogP contribution >= 0.6 is 0 Å². The van der Waals surface area contributed by atoms with Gasteiger partial charge in [0.25, 0.3) is 11.7 Å². The van der Waals surface area contributed by atoms with Gasteiger partial charge in [-0.3, -0.25) is 0 Å². The van der Waals surface area contributed by atoms with E-state index in [2.05, 4.69) is 0 Å². The lowest BCUT2D eigenvalue weighted by atomic mass is 9.82. The molecule has 0 saturated carbocycles. The molecule has 2 aromatic heterocycles. The van der Waals surface area contributed by atoms with Crippen molar-refractivity contribution in [2.24, 2.45) is 0 Å². The molecule has 0 spiro atoms. The van der Waals surface area contributed by atoms with E-state index in [4.69, 9.17) is 19.2 Å². The predicted octanol–water partition coefficient (Wildman–Crippen LogP) is 4.98. The minimum atomic E-state index is -1.29. The number of para-hydroxylation sites is 1. The number of methoxy groups -OCH3 is 1. The number of carbonyl (C=O) groups is 1. The molecule has 0 bridgehead atoms. The van der Waals surface area contributed by atoms with E-state index in [1.165, 1.54) is 0 Å². The number of carbonyl (C=O) groups excluding carboxylic acids is 1. The van der Waals surface area contributed by atoms with Crippen LogP contribution < -0.4 is 9.30 Å². The number of hydrogen-bond donors (Lipinski definition) is 1. The number of benzene rings is 2. The number of cyclic esters (lactones) is 1. The van der Waals surface area contributed by atoms with Crippen molar-refractivity contribution in [3.63, 3.8) is 0 Å². The Morgan fingerprint density at radius 3 is 2.33 bits per heavy atom. The van der Waals surface area contributed by atoms with Crippen LogP contribution in [-0.2, 0) is 14.3 Å². The van der Waals surface area contributed by atoms with Gasteiger partial charge in [-0.05, 0) is 29.8 Å². The Balaban J connectivity index is 1.77. The Bertz CT molecular complexity index is 1430. The van der Waals surface area contributed by atoms with Gasteiger partial charge in [0.2, 0.25) is 6.04 Å². The third-order valence-electron chi connectivity index (χ3n) is 6.22. The van der Waals surface area contributed by atoms with Crippen molar-refractivity contribution in [3.05, 3.63) is 114 Å². The van der Waals surface area contributed by atoms with Gasteiger partial charge in [-0.15, -0.1) is 0 Å². The summed E-state index contributed by atoms with van der Waals surface area (Å²) in [5, 5.41) is 12.0. The summed E-state index contributed by atoms with van der Waals surface area (Å²) in [5.74, 6) is -2.41. The molecule has 7 heteroatoms. The lowest BCUT2D eigenvalue weighted by molar-refractivity contribution is -0.716. The van der Waals surface area contributed by atoms with Crippen LogP contribution in [0.2, 0.25) is 0 Å². The molecule has 1 aliphatic heterocycles. The van der Waals surface area contributed by atoms with Crippen molar-refractivity contribution in [2.75, 3.05) is 7.11 Å². The zero-order chi connectivity index (χ0) is 25.3. The summed E-state index contributed by atoms with van der Waals surface area (Å²) in [7, 11) is 1.59. The molecule has 2 atom stereocenters. The third kappa shape index (κ3) is 4.47. The van der Waals surface area contributed by atoms with Crippen LogP contribution in [0, 0.1) is 0 Å². The molecule has 4 aromatic rings. The summed E-state index contributed by atoms with van der Waals surface area (Å²) < 4.78 is 18.5. The molecular weight excluding hydrogens is 456 g/mol. The van der Waals surface area contributed by atoms with Gasteiger partial charge in [0.1, 0.15) is 17.0 Å². The molecule has 0 saturated heterocycles. The Kier molecular flexibility index (Phi) is 6.06. The maximum absolute atomic E-state index is 13.4. The number of rotatable bonds is 6. The first-order valence-corrected chi connectivity index (χ1v) is 11.7. The van der Waals surface area contributed by atoms with Crippen molar-refractivity contribution in [1.29, 1.82) is 0 Å². The number of hydrogen-bond acceptors (Lipinski definition) is 6. The van der Waals surface area contributed by atoms with Crippen molar-refractivity contribution in [2.45, 2.75) is 31.6 Å². The number of ether oxygens (including phenoxy) is 3. The van der Waals surface area contributed by atoms with Crippen LogP contribution in [0.15, 0.2) is 103 Å². The van der Waals surface area contributed by atoms with E-state index in [1.54, 1.807) is 21.0 Å². The number of pyridine rings is 2. The lowest BCUT2D eigenvalue weighted by Gasteiger charge is -2.34. The van der Waals surface area contributed by atoms with Crippen LogP contribution in [0.25, 0.3) is 10.9 Å². The summed E-state index contributed by atoms with van der Waals surface area (Å²) in [5.41, 5.74) is 2.32. The van der Waals surface area contributed by atoms with Gasteiger partial charge in [0.05, 0.1) is 18.5 Å². The molecule has 2 unspecified atom stereocenters. The standard InChI is InChI=1S/C29H26N2O5/c1-29(2)35-27(32)25(28(33)36-29)24(20-11-14-21(34-3)15-12-20)26(31-17-7-4-8-18-31)23-16-13-19-9-5-6-10-22(19)30-23/h4-18,24,26H,1-3H3/p+1. The van der Waals surface area contributed by atoms with Crippen molar-refractivity contribution < 1.29 is 28.7 Å². The Hall–Kier alpha value is -4.39. The second-order valence-electron chi connectivity index (χ2n) is 9.06. The average Bonchev–Trinajstić information content (AvgIpc) is 2.87. The molecule has 1 N–H and O–H groups in total. The van der Waals surface area contributed by atoms with Crippen LogP contribution in [-0.4, -0.2) is 29.0 Å². The Morgan fingerprint density at radius 2 is 1.64 bits per heavy atom. The Morgan fingerprint density at radius 1 is 0.917 bits per heavy atom. The first-order valence-electron chi connectivity index (χ1n) is 11.7. The molecule has 2 aromatic carbocycles. The van der Waals surface area contributed by atoms with Gasteiger partial charge in [-0.2, -0.15) is 4.57 Å².